The van der Waals surface area contributed by atoms with Crippen LogP contribution in [-0.2, 0) is 0 Å². The SMILES string of the molecule is CC(C)CN/C(=C(\Nc1ccccc1)c1ccccc1)c1ccccc1. The third kappa shape index (κ3) is 4.76. The highest BCUT2D eigenvalue weighted by Gasteiger charge is 2.12. The van der Waals surface area contributed by atoms with E-state index in [1.807, 2.05) is 12.1 Å². The summed E-state index contributed by atoms with van der Waals surface area (Å²) in [5.41, 5.74) is 5.62. The standard InChI is InChI=1S/C24H26N2/c1-19(2)18-25-23(20-12-6-3-7-13-20)24(21-14-8-4-9-15-21)26-22-16-10-5-11-17-22/h3-17,19,25-26H,18H2,1-2H3/b24-23-. The number of anilines is 1. The fourth-order valence-corrected chi connectivity index (χ4v) is 2.80. The number of nitrogens with one attached hydrogen (secondary N) is 2. The number of hydrogen-bond acceptors (Lipinski definition) is 2. The smallest absolute Gasteiger partial charge is 0.0699 e. The van der Waals surface area contributed by atoms with Crippen molar-refractivity contribution in [2.45, 2.75) is 13.8 Å². The minimum atomic E-state index is 0.558. The molecule has 0 bridgehead atoms. The second kappa shape index (κ2) is 8.91. The molecule has 0 unspecified atom stereocenters. The van der Waals surface area contributed by atoms with Gasteiger partial charge in [-0.25, -0.2) is 0 Å². The summed E-state index contributed by atoms with van der Waals surface area (Å²) in [6.07, 6.45) is 0. The molecule has 0 saturated carbocycles. The first-order chi connectivity index (χ1) is 12.7. The predicted octanol–water partition coefficient (Wildman–Crippen LogP) is 5.87. The van der Waals surface area contributed by atoms with Gasteiger partial charge < -0.3 is 10.6 Å². The summed E-state index contributed by atoms with van der Waals surface area (Å²) in [5.74, 6) is 0.558. The molecule has 3 aromatic rings. The summed E-state index contributed by atoms with van der Waals surface area (Å²) in [5, 5.41) is 7.31. The molecule has 0 aliphatic heterocycles. The van der Waals surface area contributed by atoms with Crippen LogP contribution in [0.4, 0.5) is 5.69 Å². The van der Waals surface area contributed by atoms with Crippen LogP contribution in [0.3, 0.4) is 0 Å². The number of benzene rings is 3. The van der Waals surface area contributed by atoms with Gasteiger partial charge in [-0.05, 0) is 23.6 Å². The number of para-hydroxylation sites is 1. The quantitative estimate of drug-likeness (QED) is 0.525. The van der Waals surface area contributed by atoms with Crippen molar-refractivity contribution in [1.82, 2.24) is 5.32 Å². The molecule has 0 amide bonds. The Hall–Kier alpha value is -3.00. The normalized spacial score (nSPS) is 11.8. The maximum Gasteiger partial charge on any atom is 0.0699 e. The van der Waals surface area contributed by atoms with Crippen LogP contribution in [0.5, 0.6) is 0 Å². The summed E-state index contributed by atoms with van der Waals surface area (Å²) >= 11 is 0. The van der Waals surface area contributed by atoms with Crippen molar-refractivity contribution in [1.29, 1.82) is 0 Å². The number of hydrogen-bond donors (Lipinski definition) is 2. The molecular weight excluding hydrogens is 316 g/mol. The van der Waals surface area contributed by atoms with Crippen molar-refractivity contribution in [2.75, 3.05) is 11.9 Å². The highest BCUT2D eigenvalue weighted by molar-refractivity contribution is 5.95. The first kappa shape index (κ1) is 17.8. The lowest BCUT2D eigenvalue weighted by molar-refractivity contribution is 0.618. The lowest BCUT2D eigenvalue weighted by atomic mass is 10.0. The van der Waals surface area contributed by atoms with Gasteiger partial charge >= 0.3 is 0 Å². The van der Waals surface area contributed by atoms with E-state index in [0.29, 0.717) is 5.92 Å². The molecule has 3 aromatic carbocycles. The van der Waals surface area contributed by atoms with Crippen LogP contribution < -0.4 is 10.6 Å². The zero-order chi connectivity index (χ0) is 18.2. The van der Waals surface area contributed by atoms with E-state index in [1.54, 1.807) is 0 Å². The van der Waals surface area contributed by atoms with Gasteiger partial charge in [0.25, 0.3) is 0 Å². The highest BCUT2D eigenvalue weighted by atomic mass is 15.0. The monoisotopic (exact) mass is 342 g/mol. The summed E-state index contributed by atoms with van der Waals surface area (Å²) in [7, 11) is 0. The van der Waals surface area contributed by atoms with Gasteiger partial charge in [0.15, 0.2) is 0 Å². The van der Waals surface area contributed by atoms with Crippen LogP contribution in [0.1, 0.15) is 25.0 Å². The van der Waals surface area contributed by atoms with E-state index in [2.05, 4.69) is 103 Å². The second-order valence-electron chi connectivity index (χ2n) is 6.75. The lowest BCUT2D eigenvalue weighted by Crippen LogP contribution is -2.21. The van der Waals surface area contributed by atoms with E-state index in [0.717, 1.165) is 29.2 Å². The van der Waals surface area contributed by atoms with Crippen LogP contribution in [-0.4, -0.2) is 6.54 Å². The Labute approximate surface area is 156 Å². The van der Waals surface area contributed by atoms with Crippen molar-refractivity contribution in [2.24, 2.45) is 5.92 Å². The van der Waals surface area contributed by atoms with Gasteiger partial charge in [0.2, 0.25) is 0 Å². The molecule has 0 fully saturated rings. The maximum absolute atomic E-state index is 3.67. The Morgan fingerprint density at radius 1 is 0.654 bits per heavy atom. The van der Waals surface area contributed by atoms with Gasteiger partial charge in [0.05, 0.1) is 11.4 Å². The molecule has 2 N–H and O–H groups in total. The van der Waals surface area contributed by atoms with Crippen LogP contribution in [0.25, 0.3) is 11.4 Å². The molecule has 0 saturated heterocycles. The average molecular weight is 342 g/mol. The van der Waals surface area contributed by atoms with E-state index in [-0.39, 0.29) is 0 Å². The zero-order valence-electron chi connectivity index (χ0n) is 15.4. The van der Waals surface area contributed by atoms with Crippen molar-refractivity contribution < 1.29 is 0 Å². The summed E-state index contributed by atoms with van der Waals surface area (Å²) < 4.78 is 0. The molecule has 0 spiro atoms. The largest absolute Gasteiger partial charge is 0.383 e. The molecule has 26 heavy (non-hydrogen) atoms. The van der Waals surface area contributed by atoms with Crippen molar-refractivity contribution in [3.63, 3.8) is 0 Å². The zero-order valence-corrected chi connectivity index (χ0v) is 15.4. The van der Waals surface area contributed by atoms with Gasteiger partial charge in [-0.3, -0.25) is 0 Å². The van der Waals surface area contributed by atoms with Gasteiger partial charge in [0, 0.05) is 17.8 Å². The average Bonchev–Trinajstić information content (AvgIpc) is 2.69. The summed E-state index contributed by atoms with van der Waals surface area (Å²) in [6, 6.07) is 31.3. The molecule has 0 aliphatic carbocycles. The van der Waals surface area contributed by atoms with E-state index in [1.165, 1.54) is 5.56 Å². The molecule has 3 rings (SSSR count). The van der Waals surface area contributed by atoms with Crippen LogP contribution >= 0.6 is 0 Å². The lowest BCUT2D eigenvalue weighted by Gasteiger charge is -2.21. The Balaban J connectivity index is 2.11. The Bertz CT molecular complexity index is 822. The second-order valence-corrected chi connectivity index (χ2v) is 6.75. The molecular formula is C24H26N2. The number of rotatable bonds is 7. The van der Waals surface area contributed by atoms with Gasteiger partial charge in [-0.15, -0.1) is 0 Å². The van der Waals surface area contributed by atoms with Crippen molar-refractivity contribution >= 4 is 17.1 Å². The van der Waals surface area contributed by atoms with Gasteiger partial charge in [0.1, 0.15) is 0 Å². The van der Waals surface area contributed by atoms with Crippen LogP contribution in [0.15, 0.2) is 91.0 Å². The Morgan fingerprint density at radius 3 is 1.62 bits per heavy atom. The van der Waals surface area contributed by atoms with Crippen molar-refractivity contribution in [3.05, 3.63) is 102 Å². The minimum Gasteiger partial charge on any atom is -0.383 e. The van der Waals surface area contributed by atoms with Gasteiger partial charge in [-0.2, -0.15) is 0 Å². The van der Waals surface area contributed by atoms with Crippen LogP contribution in [0, 0.1) is 5.92 Å². The summed E-state index contributed by atoms with van der Waals surface area (Å²) in [6.45, 7) is 5.36. The molecule has 0 radical (unpaired) electrons. The van der Waals surface area contributed by atoms with E-state index in [4.69, 9.17) is 0 Å². The topological polar surface area (TPSA) is 24.1 Å². The van der Waals surface area contributed by atoms with Crippen LogP contribution in [0.2, 0.25) is 0 Å². The summed E-state index contributed by atoms with van der Waals surface area (Å²) in [4.78, 5) is 0. The third-order valence-corrected chi connectivity index (χ3v) is 4.11. The molecule has 0 aromatic heterocycles. The Morgan fingerprint density at radius 2 is 1.12 bits per heavy atom. The van der Waals surface area contributed by atoms with E-state index >= 15 is 0 Å². The maximum atomic E-state index is 3.67. The van der Waals surface area contributed by atoms with E-state index in [9.17, 15) is 0 Å². The van der Waals surface area contributed by atoms with Gasteiger partial charge in [-0.1, -0.05) is 92.7 Å². The molecule has 0 atom stereocenters. The van der Waals surface area contributed by atoms with E-state index < -0.39 is 0 Å². The van der Waals surface area contributed by atoms with Crippen molar-refractivity contribution in [3.8, 4) is 0 Å². The highest BCUT2D eigenvalue weighted by Crippen LogP contribution is 2.26. The molecule has 2 nitrogen and oxygen atoms in total. The molecule has 0 aliphatic rings. The molecule has 2 heteroatoms. The predicted molar refractivity (Wildman–Crippen MR) is 113 cm³/mol. The fraction of sp³-hybridized carbons (Fsp3) is 0.167. The molecule has 0 heterocycles. The third-order valence-electron chi connectivity index (χ3n) is 4.11. The first-order valence-corrected chi connectivity index (χ1v) is 9.15. The minimum absolute atomic E-state index is 0.558. The fourth-order valence-electron chi connectivity index (χ4n) is 2.80. The Kier molecular flexibility index (Phi) is 6.10. The first-order valence-electron chi connectivity index (χ1n) is 9.15. The molecule has 132 valence electrons.